The Morgan fingerprint density at radius 2 is 1.94 bits per heavy atom. The number of hydrogen-bond acceptors (Lipinski definition) is 6. The number of halogens is 5. The van der Waals surface area contributed by atoms with Gasteiger partial charge in [-0.15, -0.1) is 12.4 Å². The zero-order chi connectivity index (χ0) is 23.9. The van der Waals surface area contributed by atoms with Crippen molar-refractivity contribution in [2.24, 2.45) is 0 Å². The Labute approximate surface area is 209 Å². The number of alkyl halides is 3. The molecule has 0 spiro atoms. The summed E-state index contributed by atoms with van der Waals surface area (Å²) in [6, 6.07) is 6.13. The van der Waals surface area contributed by atoms with Gasteiger partial charge in [-0.2, -0.15) is 13.2 Å². The number of aromatic hydroxyl groups is 1. The molecule has 1 aromatic heterocycles. The highest BCUT2D eigenvalue weighted by Crippen LogP contribution is 2.35. The van der Waals surface area contributed by atoms with E-state index in [1.807, 2.05) is 13.8 Å². The Kier molecular flexibility index (Phi) is 7.99. The molecule has 12 heteroatoms. The van der Waals surface area contributed by atoms with Crippen LogP contribution in [0.15, 0.2) is 30.3 Å². The predicted molar refractivity (Wildman–Crippen MR) is 128 cm³/mol. The molecule has 0 bridgehead atoms. The van der Waals surface area contributed by atoms with Crippen molar-refractivity contribution in [1.82, 2.24) is 9.88 Å². The van der Waals surface area contributed by atoms with Crippen molar-refractivity contribution in [2.45, 2.75) is 38.8 Å². The van der Waals surface area contributed by atoms with Gasteiger partial charge in [-0.05, 0) is 44.2 Å². The smallest absolute Gasteiger partial charge is 0.416 e. The molecule has 1 saturated heterocycles. The number of benzene rings is 2. The lowest BCUT2D eigenvalue weighted by molar-refractivity contribution is -0.137. The van der Waals surface area contributed by atoms with Crippen molar-refractivity contribution >= 4 is 56.6 Å². The van der Waals surface area contributed by atoms with Gasteiger partial charge < -0.3 is 9.84 Å². The maximum Gasteiger partial charge on any atom is 0.416 e. The number of phenolic OH excluding ortho intramolecular Hbond substituents is 1. The Morgan fingerprint density at radius 1 is 1.26 bits per heavy atom. The minimum Gasteiger partial charge on any atom is -0.507 e. The van der Waals surface area contributed by atoms with Crippen molar-refractivity contribution in [1.29, 1.82) is 0 Å². The number of morpholine rings is 1. The van der Waals surface area contributed by atoms with Gasteiger partial charge in [0.15, 0.2) is 5.13 Å². The fourth-order valence-corrected chi connectivity index (χ4v) is 5.06. The normalized spacial score (nSPS) is 19.1. The molecular formula is C22H22Cl2F3N3O3S. The van der Waals surface area contributed by atoms with Gasteiger partial charge >= 0.3 is 6.18 Å². The minimum absolute atomic E-state index is 0. The molecule has 1 amide bonds. The molecule has 6 nitrogen and oxygen atoms in total. The summed E-state index contributed by atoms with van der Waals surface area (Å²) in [6.07, 6.45) is -4.40. The molecule has 1 aliphatic heterocycles. The minimum atomic E-state index is -4.47. The van der Waals surface area contributed by atoms with Gasteiger partial charge in [0, 0.05) is 30.2 Å². The number of amides is 1. The fraction of sp³-hybridized carbons (Fsp3) is 0.364. The first-order chi connectivity index (χ1) is 15.5. The van der Waals surface area contributed by atoms with E-state index in [-0.39, 0.29) is 50.8 Å². The second-order valence-electron chi connectivity index (χ2n) is 8.07. The highest BCUT2D eigenvalue weighted by atomic mass is 35.5. The highest BCUT2D eigenvalue weighted by Gasteiger charge is 2.31. The van der Waals surface area contributed by atoms with E-state index in [0.29, 0.717) is 30.7 Å². The number of ether oxygens (including phenoxy) is 1. The van der Waals surface area contributed by atoms with E-state index < -0.39 is 17.6 Å². The number of rotatable bonds is 4. The Morgan fingerprint density at radius 3 is 2.59 bits per heavy atom. The van der Waals surface area contributed by atoms with E-state index in [1.54, 1.807) is 6.07 Å². The number of fused-ring (bicyclic) bond motifs is 1. The van der Waals surface area contributed by atoms with Crippen LogP contribution in [0.4, 0.5) is 18.3 Å². The number of carbonyl (C=O) groups is 1. The lowest BCUT2D eigenvalue weighted by atomic mass is 10.1. The molecule has 2 aromatic carbocycles. The van der Waals surface area contributed by atoms with E-state index in [4.69, 9.17) is 16.3 Å². The van der Waals surface area contributed by atoms with E-state index >= 15 is 0 Å². The van der Waals surface area contributed by atoms with Gasteiger partial charge in [-0.3, -0.25) is 15.0 Å². The van der Waals surface area contributed by atoms with Crippen LogP contribution in [-0.4, -0.2) is 46.2 Å². The summed E-state index contributed by atoms with van der Waals surface area (Å²) in [5.74, 6) is -0.862. The molecule has 2 heterocycles. The van der Waals surface area contributed by atoms with Crippen molar-refractivity contribution < 1.29 is 27.8 Å². The van der Waals surface area contributed by atoms with Gasteiger partial charge in [0.2, 0.25) is 0 Å². The molecule has 2 N–H and O–H groups in total. The largest absolute Gasteiger partial charge is 0.507 e. The van der Waals surface area contributed by atoms with Crippen molar-refractivity contribution in [3.05, 3.63) is 52.0 Å². The molecule has 0 radical (unpaired) electrons. The maximum absolute atomic E-state index is 12.9. The Bertz CT molecular complexity index is 1200. The Hall–Kier alpha value is -2.11. The second-order valence-corrected chi connectivity index (χ2v) is 9.53. The first-order valence-electron chi connectivity index (χ1n) is 10.2. The van der Waals surface area contributed by atoms with E-state index in [2.05, 4.69) is 15.2 Å². The summed E-state index contributed by atoms with van der Waals surface area (Å²) in [4.78, 5) is 19.1. The third kappa shape index (κ3) is 5.92. The lowest BCUT2D eigenvalue weighted by Gasteiger charge is -2.35. The summed E-state index contributed by atoms with van der Waals surface area (Å²) in [7, 11) is 0. The van der Waals surface area contributed by atoms with Crippen LogP contribution in [0, 0.1) is 0 Å². The molecule has 1 aliphatic rings. The van der Waals surface area contributed by atoms with Gasteiger partial charge in [-0.1, -0.05) is 22.9 Å². The van der Waals surface area contributed by atoms with Gasteiger partial charge in [-0.25, -0.2) is 4.98 Å². The van der Waals surface area contributed by atoms with Crippen molar-refractivity contribution in [3.63, 3.8) is 0 Å². The number of anilines is 1. The molecule has 1 fully saturated rings. The molecule has 0 saturated carbocycles. The van der Waals surface area contributed by atoms with Gasteiger partial charge in [0.05, 0.1) is 33.6 Å². The fourth-order valence-electron chi connectivity index (χ4n) is 3.92. The molecule has 0 aliphatic carbocycles. The third-order valence-corrected chi connectivity index (χ3v) is 6.38. The second kappa shape index (κ2) is 10.2. The van der Waals surface area contributed by atoms with Crippen LogP contribution in [0.25, 0.3) is 10.2 Å². The standard InChI is InChI=1S/C22H21ClF3N3O3S.ClH/c1-11-8-29(9-12(2)32-11)10-13-5-15(23)7-16(19(13)30)20(31)28-21-27-17-4-3-14(22(24,25)26)6-18(17)33-21;/h3-7,11-12,30H,8-10H2,1-2H3,(H,27,28,31);1H/t11-,12+;. The number of thiazole rings is 1. The SMILES string of the molecule is C[C@@H]1CN(Cc2cc(Cl)cc(C(=O)Nc3nc4ccc(C(F)(F)F)cc4s3)c2O)C[C@H](C)O1.Cl. The summed E-state index contributed by atoms with van der Waals surface area (Å²) >= 11 is 7.13. The van der Waals surface area contributed by atoms with Crippen LogP contribution in [0.3, 0.4) is 0 Å². The summed E-state index contributed by atoms with van der Waals surface area (Å²) in [5.41, 5.74) is -0.00886. The average molecular weight is 536 g/mol. The number of carbonyl (C=O) groups excluding carboxylic acids is 1. The molecule has 3 aromatic rings. The third-order valence-electron chi connectivity index (χ3n) is 5.22. The zero-order valence-corrected chi connectivity index (χ0v) is 20.5. The first-order valence-corrected chi connectivity index (χ1v) is 11.4. The summed E-state index contributed by atoms with van der Waals surface area (Å²) < 4.78 is 44.9. The monoisotopic (exact) mass is 535 g/mol. The number of nitrogens with zero attached hydrogens (tertiary/aromatic N) is 2. The molecule has 2 atom stereocenters. The van der Waals surface area contributed by atoms with Crippen LogP contribution in [-0.2, 0) is 17.5 Å². The topological polar surface area (TPSA) is 74.7 Å². The van der Waals surface area contributed by atoms with E-state index in [9.17, 15) is 23.1 Å². The molecule has 0 unspecified atom stereocenters. The van der Waals surface area contributed by atoms with Crippen molar-refractivity contribution in [3.8, 4) is 5.75 Å². The Balaban J connectivity index is 0.00000324. The van der Waals surface area contributed by atoms with Crippen molar-refractivity contribution in [2.75, 3.05) is 18.4 Å². The van der Waals surface area contributed by atoms with Crippen LogP contribution in [0.1, 0.15) is 35.3 Å². The molecular weight excluding hydrogens is 514 g/mol. The zero-order valence-electron chi connectivity index (χ0n) is 18.1. The van der Waals surface area contributed by atoms with Gasteiger partial charge in [0.25, 0.3) is 5.91 Å². The van der Waals surface area contributed by atoms with Crippen LogP contribution in [0.2, 0.25) is 5.02 Å². The number of nitrogens with one attached hydrogen (secondary N) is 1. The summed E-state index contributed by atoms with van der Waals surface area (Å²) in [6.45, 7) is 5.66. The first kappa shape index (κ1) is 26.5. The maximum atomic E-state index is 12.9. The van der Waals surface area contributed by atoms with Gasteiger partial charge in [0.1, 0.15) is 5.75 Å². The quantitative estimate of drug-likeness (QED) is 0.431. The summed E-state index contributed by atoms with van der Waals surface area (Å²) in [5, 5.41) is 13.7. The number of aromatic nitrogens is 1. The predicted octanol–water partition coefficient (Wildman–Crippen LogP) is 5.96. The molecule has 184 valence electrons. The van der Waals surface area contributed by atoms with E-state index in [0.717, 1.165) is 23.5 Å². The average Bonchev–Trinajstić information content (AvgIpc) is 3.10. The molecule has 34 heavy (non-hydrogen) atoms. The number of phenols is 1. The van der Waals surface area contributed by atoms with E-state index in [1.165, 1.54) is 12.1 Å². The molecule has 4 rings (SSSR count). The van der Waals surface area contributed by atoms with Crippen LogP contribution < -0.4 is 5.32 Å². The lowest BCUT2D eigenvalue weighted by Crippen LogP contribution is -2.44. The number of hydrogen-bond donors (Lipinski definition) is 2. The van der Waals surface area contributed by atoms with Crippen LogP contribution in [0.5, 0.6) is 5.75 Å². The van der Waals surface area contributed by atoms with Crippen LogP contribution >= 0.6 is 35.3 Å². The highest BCUT2D eigenvalue weighted by molar-refractivity contribution is 7.22.